The largest absolute Gasteiger partial charge is 0.461 e. The molecule has 28 heavy (non-hydrogen) atoms. The standard InChI is InChI=1S/C20H17ClN4O3/c1-12-19(13(2)25(23-12)11-14-6-3-4-7-15(14)21)22-20(26)16-10-18(28-24-16)17-8-5-9-27-17/h3-10H,11H2,1-2H3,(H,22,26). The fourth-order valence-electron chi connectivity index (χ4n) is 2.91. The van der Waals surface area contributed by atoms with Crippen LogP contribution >= 0.6 is 11.6 Å². The van der Waals surface area contributed by atoms with E-state index >= 15 is 0 Å². The highest BCUT2D eigenvalue weighted by Crippen LogP contribution is 2.25. The second-order valence-electron chi connectivity index (χ2n) is 6.30. The van der Waals surface area contributed by atoms with Crippen LogP contribution in [0.2, 0.25) is 5.02 Å². The van der Waals surface area contributed by atoms with Crippen molar-refractivity contribution >= 4 is 23.2 Å². The average molecular weight is 397 g/mol. The third-order valence-corrected chi connectivity index (χ3v) is 4.77. The van der Waals surface area contributed by atoms with Gasteiger partial charge in [-0.15, -0.1) is 0 Å². The van der Waals surface area contributed by atoms with Crippen LogP contribution in [0.3, 0.4) is 0 Å². The highest BCUT2D eigenvalue weighted by atomic mass is 35.5. The molecule has 0 fully saturated rings. The Labute approximate surface area is 165 Å². The molecule has 0 unspecified atom stereocenters. The molecule has 0 spiro atoms. The second-order valence-corrected chi connectivity index (χ2v) is 6.71. The summed E-state index contributed by atoms with van der Waals surface area (Å²) in [5.41, 5.74) is 3.27. The van der Waals surface area contributed by atoms with Crippen LogP contribution in [0.25, 0.3) is 11.5 Å². The van der Waals surface area contributed by atoms with E-state index in [0.29, 0.717) is 34.5 Å². The van der Waals surface area contributed by atoms with Crippen molar-refractivity contribution in [1.29, 1.82) is 0 Å². The average Bonchev–Trinajstić information content (AvgIpc) is 3.41. The lowest BCUT2D eigenvalue weighted by molar-refractivity contribution is 0.101. The van der Waals surface area contributed by atoms with Crippen molar-refractivity contribution in [1.82, 2.24) is 14.9 Å². The van der Waals surface area contributed by atoms with Gasteiger partial charge in [-0.05, 0) is 37.6 Å². The number of aryl methyl sites for hydroxylation is 1. The smallest absolute Gasteiger partial charge is 0.277 e. The van der Waals surface area contributed by atoms with Gasteiger partial charge < -0.3 is 14.3 Å². The van der Waals surface area contributed by atoms with Crippen LogP contribution in [0.15, 0.2) is 57.7 Å². The predicted molar refractivity (Wildman–Crippen MR) is 104 cm³/mol. The molecule has 1 amide bonds. The Bertz CT molecular complexity index is 1130. The molecular weight excluding hydrogens is 380 g/mol. The van der Waals surface area contributed by atoms with Crippen LogP contribution in [0, 0.1) is 13.8 Å². The summed E-state index contributed by atoms with van der Waals surface area (Å²) in [6.07, 6.45) is 1.53. The first-order valence-corrected chi connectivity index (χ1v) is 9.00. The van der Waals surface area contributed by atoms with Crippen molar-refractivity contribution < 1.29 is 13.7 Å². The van der Waals surface area contributed by atoms with E-state index in [-0.39, 0.29) is 11.6 Å². The minimum absolute atomic E-state index is 0.157. The van der Waals surface area contributed by atoms with Crippen LogP contribution in [-0.4, -0.2) is 20.8 Å². The summed E-state index contributed by atoms with van der Waals surface area (Å²) in [5.74, 6) is 0.509. The van der Waals surface area contributed by atoms with Gasteiger partial charge in [0.1, 0.15) is 0 Å². The monoisotopic (exact) mass is 396 g/mol. The van der Waals surface area contributed by atoms with Crippen molar-refractivity contribution in [3.63, 3.8) is 0 Å². The molecule has 7 nitrogen and oxygen atoms in total. The third-order valence-electron chi connectivity index (χ3n) is 4.40. The van der Waals surface area contributed by atoms with E-state index in [1.165, 1.54) is 12.3 Å². The molecule has 8 heteroatoms. The summed E-state index contributed by atoms with van der Waals surface area (Å²) in [7, 11) is 0. The van der Waals surface area contributed by atoms with Gasteiger partial charge in [-0.2, -0.15) is 5.10 Å². The summed E-state index contributed by atoms with van der Waals surface area (Å²) < 4.78 is 12.2. The number of amides is 1. The number of nitrogens with one attached hydrogen (secondary N) is 1. The molecular formula is C20H17ClN4O3. The number of furan rings is 1. The van der Waals surface area contributed by atoms with Crippen LogP contribution in [0.5, 0.6) is 0 Å². The number of nitrogens with zero attached hydrogens (tertiary/aromatic N) is 3. The van der Waals surface area contributed by atoms with Gasteiger partial charge in [0.05, 0.1) is 29.9 Å². The Morgan fingerprint density at radius 3 is 2.75 bits per heavy atom. The van der Waals surface area contributed by atoms with Crippen LogP contribution in [-0.2, 0) is 6.54 Å². The van der Waals surface area contributed by atoms with Crippen LogP contribution in [0.4, 0.5) is 5.69 Å². The normalized spacial score (nSPS) is 11.0. The molecule has 0 atom stereocenters. The summed E-state index contributed by atoms with van der Waals surface area (Å²) in [5, 5.41) is 11.9. The van der Waals surface area contributed by atoms with Crippen LogP contribution < -0.4 is 5.32 Å². The molecule has 0 aliphatic rings. The van der Waals surface area contributed by atoms with E-state index in [1.807, 2.05) is 42.8 Å². The zero-order valence-corrected chi connectivity index (χ0v) is 16.0. The number of rotatable bonds is 5. The number of benzene rings is 1. The van der Waals surface area contributed by atoms with E-state index in [0.717, 1.165) is 11.3 Å². The molecule has 1 N–H and O–H groups in total. The highest BCUT2D eigenvalue weighted by molar-refractivity contribution is 6.31. The van der Waals surface area contributed by atoms with Gasteiger partial charge in [-0.25, -0.2) is 0 Å². The first kappa shape index (κ1) is 18.1. The minimum Gasteiger partial charge on any atom is -0.461 e. The molecule has 0 saturated heterocycles. The fraction of sp³-hybridized carbons (Fsp3) is 0.150. The molecule has 0 aliphatic carbocycles. The van der Waals surface area contributed by atoms with E-state index in [9.17, 15) is 4.79 Å². The van der Waals surface area contributed by atoms with Gasteiger partial charge in [-0.1, -0.05) is 35.0 Å². The fourth-order valence-corrected chi connectivity index (χ4v) is 3.11. The molecule has 0 saturated carbocycles. The number of aromatic nitrogens is 3. The van der Waals surface area contributed by atoms with Crippen molar-refractivity contribution in [3.05, 3.63) is 76.4 Å². The Morgan fingerprint density at radius 2 is 2.00 bits per heavy atom. The summed E-state index contributed by atoms with van der Waals surface area (Å²) in [4.78, 5) is 12.6. The summed E-state index contributed by atoms with van der Waals surface area (Å²) >= 11 is 6.24. The number of carbonyl (C=O) groups is 1. The molecule has 3 aromatic heterocycles. The molecule has 0 bridgehead atoms. The summed E-state index contributed by atoms with van der Waals surface area (Å²) in [6.45, 7) is 4.24. The Morgan fingerprint density at radius 1 is 1.18 bits per heavy atom. The number of hydrogen-bond donors (Lipinski definition) is 1. The molecule has 1 aromatic carbocycles. The first-order valence-electron chi connectivity index (χ1n) is 8.62. The van der Waals surface area contributed by atoms with Crippen LogP contribution in [0.1, 0.15) is 27.4 Å². The maximum Gasteiger partial charge on any atom is 0.277 e. The topological polar surface area (TPSA) is 86.1 Å². The highest BCUT2D eigenvalue weighted by Gasteiger charge is 2.19. The second kappa shape index (κ2) is 7.36. The van der Waals surface area contributed by atoms with E-state index < -0.39 is 0 Å². The quantitative estimate of drug-likeness (QED) is 0.528. The molecule has 4 rings (SSSR count). The molecule has 4 aromatic rings. The number of halogens is 1. The van der Waals surface area contributed by atoms with Gasteiger partial charge in [0, 0.05) is 11.1 Å². The molecule has 3 heterocycles. The van der Waals surface area contributed by atoms with Gasteiger partial charge in [0.2, 0.25) is 5.76 Å². The summed E-state index contributed by atoms with van der Waals surface area (Å²) in [6, 6.07) is 12.6. The van der Waals surface area contributed by atoms with Gasteiger partial charge in [0.15, 0.2) is 11.5 Å². The maximum absolute atomic E-state index is 12.6. The van der Waals surface area contributed by atoms with Crippen molar-refractivity contribution in [2.75, 3.05) is 5.32 Å². The lowest BCUT2D eigenvalue weighted by Crippen LogP contribution is -2.13. The molecule has 0 radical (unpaired) electrons. The van der Waals surface area contributed by atoms with Crippen molar-refractivity contribution in [2.45, 2.75) is 20.4 Å². The first-order chi connectivity index (χ1) is 13.5. The lowest BCUT2D eigenvalue weighted by Gasteiger charge is -2.07. The molecule has 142 valence electrons. The number of anilines is 1. The van der Waals surface area contributed by atoms with Gasteiger partial charge in [0.25, 0.3) is 5.91 Å². The van der Waals surface area contributed by atoms with Crippen molar-refractivity contribution in [3.8, 4) is 11.5 Å². The van der Waals surface area contributed by atoms with Gasteiger partial charge in [-0.3, -0.25) is 9.48 Å². The zero-order chi connectivity index (χ0) is 19.7. The SMILES string of the molecule is Cc1nn(Cc2ccccc2Cl)c(C)c1NC(=O)c1cc(-c2ccco2)on1. The van der Waals surface area contributed by atoms with E-state index in [2.05, 4.69) is 15.6 Å². The Hall–Kier alpha value is -3.32. The van der Waals surface area contributed by atoms with Gasteiger partial charge >= 0.3 is 0 Å². The third kappa shape index (κ3) is 3.44. The van der Waals surface area contributed by atoms with E-state index in [1.54, 1.807) is 12.1 Å². The van der Waals surface area contributed by atoms with E-state index in [4.69, 9.17) is 20.5 Å². The maximum atomic E-state index is 12.6. The molecule has 0 aliphatic heterocycles. The zero-order valence-electron chi connectivity index (χ0n) is 15.3. The number of hydrogen-bond acceptors (Lipinski definition) is 5. The number of carbonyl (C=O) groups excluding carboxylic acids is 1. The minimum atomic E-state index is -0.384. The lowest BCUT2D eigenvalue weighted by atomic mass is 10.2. The Kier molecular flexibility index (Phi) is 4.75. The predicted octanol–water partition coefficient (Wildman–Crippen LogP) is 4.70. The Balaban J connectivity index is 1.54. The van der Waals surface area contributed by atoms with Crippen molar-refractivity contribution in [2.24, 2.45) is 0 Å².